The van der Waals surface area contributed by atoms with Gasteiger partial charge in [-0.05, 0) is 30.7 Å². The van der Waals surface area contributed by atoms with E-state index in [9.17, 15) is 4.79 Å². The summed E-state index contributed by atoms with van der Waals surface area (Å²) in [6, 6.07) is 13.7. The number of ether oxygens (including phenoxy) is 2. The van der Waals surface area contributed by atoms with Crippen molar-refractivity contribution < 1.29 is 14.3 Å². The minimum atomic E-state index is -0.155. The molecule has 0 saturated carbocycles. The summed E-state index contributed by atoms with van der Waals surface area (Å²) < 4.78 is 10.5. The second-order valence-electron chi connectivity index (χ2n) is 6.61. The van der Waals surface area contributed by atoms with Gasteiger partial charge in [0, 0.05) is 36.5 Å². The molecule has 1 heterocycles. The van der Waals surface area contributed by atoms with Crippen LogP contribution in [0.15, 0.2) is 54.7 Å². The van der Waals surface area contributed by atoms with Crippen LogP contribution in [0.5, 0.6) is 11.5 Å². The van der Waals surface area contributed by atoms with Gasteiger partial charge in [-0.3, -0.25) is 4.79 Å². The molecular weight excluding hydrogens is 366 g/mol. The molecule has 2 N–H and O–H groups in total. The van der Waals surface area contributed by atoms with Crippen molar-refractivity contribution >= 4 is 12.0 Å². The monoisotopic (exact) mass is 391 g/mol. The van der Waals surface area contributed by atoms with Crippen LogP contribution in [0.3, 0.4) is 0 Å². The zero-order valence-electron chi connectivity index (χ0n) is 16.9. The van der Waals surface area contributed by atoms with Gasteiger partial charge in [0.15, 0.2) is 11.5 Å². The summed E-state index contributed by atoms with van der Waals surface area (Å²) in [5.41, 5.74) is 4.09. The number of methoxy groups -OCH3 is 2. The van der Waals surface area contributed by atoms with E-state index < -0.39 is 0 Å². The van der Waals surface area contributed by atoms with E-state index in [1.54, 1.807) is 32.6 Å². The fourth-order valence-electron chi connectivity index (χ4n) is 2.85. The van der Waals surface area contributed by atoms with Crippen LogP contribution in [0, 0.1) is 6.92 Å². The van der Waals surface area contributed by atoms with E-state index in [-0.39, 0.29) is 5.91 Å². The maximum atomic E-state index is 12.1. The first-order valence-electron chi connectivity index (χ1n) is 9.38. The Hall–Kier alpha value is -3.54. The number of carbonyl (C=O) groups is 1. The number of imidazole rings is 1. The molecule has 0 atom stereocenters. The Balaban J connectivity index is 1.50. The Labute approximate surface area is 170 Å². The number of amides is 1. The summed E-state index contributed by atoms with van der Waals surface area (Å²) in [6.45, 7) is 2.57. The summed E-state index contributed by atoms with van der Waals surface area (Å²) in [4.78, 5) is 19.8. The lowest BCUT2D eigenvalue weighted by Gasteiger charge is -2.07. The molecule has 6 nitrogen and oxygen atoms in total. The van der Waals surface area contributed by atoms with Crippen molar-refractivity contribution in [1.82, 2.24) is 15.3 Å². The molecule has 3 rings (SSSR count). The average Bonchev–Trinajstić information content (AvgIpc) is 3.21. The minimum Gasteiger partial charge on any atom is -0.493 e. The number of H-pyrrole nitrogens is 1. The average molecular weight is 391 g/mol. The Morgan fingerprint density at radius 2 is 1.86 bits per heavy atom. The van der Waals surface area contributed by atoms with E-state index in [0.717, 1.165) is 22.6 Å². The fraction of sp³-hybridized carbons (Fsp3) is 0.217. The molecule has 0 saturated heterocycles. The lowest BCUT2D eigenvalue weighted by molar-refractivity contribution is -0.116. The molecule has 150 valence electrons. The quantitative estimate of drug-likeness (QED) is 0.573. The summed E-state index contributed by atoms with van der Waals surface area (Å²) >= 11 is 0. The molecule has 0 unspecified atom stereocenters. The van der Waals surface area contributed by atoms with Crippen molar-refractivity contribution in [3.8, 4) is 22.9 Å². The van der Waals surface area contributed by atoms with Crippen LogP contribution in [0.25, 0.3) is 17.5 Å². The zero-order valence-corrected chi connectivity index (χ0v) is 16.9. The molecule has 3 aromatic rings. The SMILES string of the molecule is COc1ccc(/C=C/C(=O)NCCc2cnc(-c3ccc(C)cc3)[nH]2)cc1OC. The van der Waals surface area contributed by atoms with Crippen LogP contribution < -0.4 is 14.8 Å². The third kappa shape index (κ3) is 5.48. The van der Waals surface area contributed by atoms with Gasteiger partial charge < -0.3 is 19.8 Å². The molecular formula is C23H25N3O3. The summed E-state index contributed by atoms with van der Waals surface area (Å²) in [6.07, 6.45) is 5.73. The van der Waals surface area contributed by atoms with Gasteiger partial charge in [-0.15, -0.1) is 0 Å². The first-order valence-corrected chi connectivity index (χ1v) is 9.38. The Morgan fingerprint density at radius 3 is 2.59 bits per heavy atom. The van der Waals surface area contributed by atoms with Gasteiger partial charge in [0.2, 0.25) is 5.91 Å². The van der Waals surface area contributed by atoms with Crippen molar-refractivity contribution in [2.24, 2.45) is 0 Å². The molecule has 0 spiro atoms. The van der Waals surface area contributed by atoms with E-state index in [1.165, 1.54) is 11.6 Å². The highest BCUT2D eigenvalue weighted by Crippen LogP contribution is 2.27. The third-order valence-electron chi connectivity index (χ3n) is 4.48. The van der Waals surface area contributed by atoms with Crippen molar-refractivity contribution in [3.63, 3.8) is 0 Å². The van der Waals surface area contributed by atoms with Gasteiger partial charge in [0.1, 0.15) is 5.82 Å². The summed E-state index contributed by atoms with van der Waals surface area (Å²) in [5, 5.41) is 2.88. The number of aromatic amines is 1. The number of nitrogens with zero attached hydrogens (tertiary/aromatic N) is 1. The van der Waals surface area contributed by atoms with Crippen molar-refractivity contribution in [2.45, 2.75) is 13.3 Å². The predicted molar refractivity (Wildman–Crippen MR) is 114 cm³/mol. The van der Waals surface area contributed by atoms with Gasteiger partial charge in [0.05, 0.1) is 14.2 Å². The molecule has 1 amide bonds. The van der Waals surface area contributed by atoms with Crippen molar-refractivity contribution in [3.05, 3.63) is 71.6 Å². The molecule has 6 heteroatoms. The van der Waals surface area contributed by atoms with E-state index in [0.29, 0.717) is 24.5 Å². The van der Waals surface area contributed by atoms with Crippen LogP contribution in [-0.2, 0) is 11.2 Å². The third-order valence-corrected chi connectivity index (χ3v) is 4.48. The van der Waals surface area contributed by atoms with Gasteiger partial charge in [-0.2, -0.15) is 0 Å². The lowest BCUT2D eigenvalue weighted by atomic mass is 10.1. The van der Waals surface area contributed by atoms with Crippen molar-refractivity contribution in [2.75, 3.05) is 20.8 Å². The smallest absolute Gasteiger partial charge is 0.244 e. The Kier molecular flexibility index (Phi) is 6.68. The minimum absolute atomic E-state index is 0.155. The number of aryl methyl sites for hydroxylation is 1. The van der Waals surface area contributed by atoms with E-state index in [4.69, 9.17) is 9.47 Å². The second kappa shape index (κ2) is 9.59. The highest BCUT2D eigenvalue weighted by Gasteiger charge is 2.05. The normalized spacial score (nSPS) is 10.9. The van der Waals surface area contributed by atoms with E-state index in [1.807, 2.05) is 24.3 Å². The highest BCUT2D eigenvalue weighted by molar-refractivity contribution is 5.91. The maximum absolute atomic E-state index is 12.1. The largest absolute Gasteiger partial charge is 0.493 e. The molecule has 2 aromatic carbocycles. The van der Waals surface area contributed by atoms with E-state index in [2.05, 4.69) is 34.3 Å². The molecule has 0 aliphatic carbocycles. The van der Waals surface area contributed by atoms with Crippen molar-refractivity contribution in [1.29, 1.82) is 0 Å². The topological polar surface area (TPSA) is 76.2 Å². The van der Waals surface area contributed by atoms with E-state index >= 15 is 0 Å². The first-order chi connectivity index (χ1) is 14.1. The first kappa shape index (κ1) is 20.2. The standard InChI is InChI=1S/C23H25N3O3/c1-16-4-8-18(9-5-16)23-25-15-19(26-23)12-13-24-22(27)11-7-17-6-10-20(28-2)21(14-17)29-3/h4-11,14-15H,12-13H2,1-3H3,(H,24,27)(H,25,26)/b11-7+. The number of benzene rings is 2. The Morgan fingerprint density at radius 1 is 1.10 bits per heavy atom. The van der Waals surface area contributed by atoms with Crippen LogP contribution in [-0.4, -0.2) is 36.6 Å². The highest BCUT2D eigenvalue weighted by atomic mass is 16.5. The van der Waals surface area contributed by atoms with Crippen LogP contribution >= 0.6 is 0 Å². The molecule has 0 fully saturated rings. The predicted octanol–water partition coefficient (Wildman–Crippen LogP) is 3.77. The number of rotatable bonds is 8. The number of carbonyl (C=O) groups excluding carboxylic acids is 1. The zero-order chi connectivity index (χ0) is 20.6. The molecule has 0 aliphatic heterocycles. The number of aromatic nitrogens is 2. The number of nitrogens with one attached hydrogen (secondary N) is 2. The molecule has 0 bridgehead atoms. The molecule has 0 aliphatic rings. The fourth-order valence-corrected chi connectivity index (χ4v) is 2.85. The Bertz CT molecular complexity index is 991. The van der Waals surface area contributed by atoms with Crippen LogP contribution in [0.1, 0.15) is 16.8 Å². The van der Waals surface area contributed by atoms with Crippen LogP contribution in [0.4, 0.5) is 0 Å². The van der Waals surface area contributed by atoms with Gasteiger partial charge in [-0.1, -0.05) is 35.9 Å². The molecule has 0 radical (unpaired) electrons. The molecule has 1 aromatic heterocycles. The second-order valence-corrected chi connectivity index (χ2v) is 6.61. The number of hydrogen-bond acceptors (Lipinski definition) is 4. The summed E-state index contributed by atoms with van der Waals surface area (Å²) in [5.74, 6) is 1.95. The lowest BCUT2D eigenvalue weighted by Crippen LogP contribution is -2.23. The van der Waals surface area contributed by atoms with Gasteiger partial charge >= 0.3 is 0 Å². The van der Waals surface area contributed by atoms with Gasteiger partial charge in [-0.25, -0.2) is 4.98 Å². The molecule has 29 heavy (non-hydrogen) atoms. The summed E-state index contributed by atoms with van der Waals surface area (Å²) in [7, 11) is 3.17. The van der Waals surface area contributed by atoms with Crippen LogP contribution in [0.2, 0.25) is 0 Å². The number of hydrogen-bond donors (Lipinski definition) is 2. The van der Waals surface area contributed by atoms with Gasteiger partial charge in [0.25, 0.3) is 0 Å². The maximum Gasteiger partial charge on any atom is 0.244 e.